The van der Waals surface area contributed by atoms with Crippen LogP contribution >= 0.6 is 0 Å². The number of carboxylic acids is 2. The predicted octanol–water partition coefficient (Wildman–Crippen LogP) is -2.33. The first kappa shape index (κ1) is 32.8. The maximum Gasteiger partial charge on any atom is 0.326 e. The molecule has 1 aromatic rings. The largest absolute Gasteiger partial charge is 0.508 e. The number of rotatable bonds is 18. The Morgan fingerprint density at radius 1 is 0.795 bits per heavy atom. The summed E-state index contributed by atoms with van der Waals surface area (Å²) in [6.07, 6.45) is -0.436. The lowest BCUT2D eigenvalue weighted by Crippen LogP contribution is -2.58. The molecule has 0 aromatic heterocycles. The number of phenols is 1. The van der Waals surface area contributed by atoms with Crippen LogP contribution in [0.15, 0.2) is 24.3 Å². The molecule has 15 nitrogen and oxygen atoms in total. The van der Waals surface area contributed by atoms with E-state index in [2.05, 4.69) is 16.0 Å². The smallest absolute Gasteiger partial charge is 0.326 e. The first-order valence-corrected chi connectivity index (χ1v) is 12.2. The van der Waals surface area contributed by atoms with Crippen LogP contribution in [0.2, 0.25) is 0 Å². The van der Waals surface area contributed by atoms with Crippen molar-refractivity contribution >= 4 is 35.6 Å². The molecule has 1 rings (SSSR count). The minimum atomic E-state index is -1.53. The predicted molar refractivity (Wildman–Crippen MR) is 137 cm³/mol. The third-order valence-corrected chi connectivity index (χ3v) is 5.61. The monoisotopic (exact) mass is 552 g/mol. The quantitative estimate of drug-likeness (QED) is 0.0871. The zero-order chi connectivity index (χ0) is 29.5. The van der Waals surface area contributed by atoms with E-state index in [0.717, 1.165) is 0 Å². The van der Waals surface area contributed by atoms with Gasteiger partial charge in [0.15, 0.2) is 0 Å². The zero-order valence-corrected chi connectivity index (χ0v) is 21.3. The van der Waals surface area contributed by atoms with Crippen LogP contribution in [0.25, 0.3) is 0 Å². The number of primary amides is 1. The van der Waals surface area contributed by atoms with Crippen molar-refractivity contribution in [1.82, 2.24) is 16.0 Å². The van der Waals surface area contributed by atoms with E-state index in [-0.39, 0.29) is 25.0 Å². The third kappa shape index (κ3) is 12.7. The second kappa shape index (κ2) is 16.6. The summed E-state index contributed by atoms with van der Waals surface area (Å²) in [6, 6.07) is 0.293. The van der Waals surface area contributed by atoms with Crippen molar-refractivity contribution in [2.75, 3.05) is 6.54 Å². The van der Waals surface area contributed by atoms with Gasteiger partial charge >= 0.3 is 11.9 Å². The molecule has 4 unspecified atom stereocenters. The number of nitrogens with one attached hydrogen (secondary N) is 3. The molecule has 0 spiro atoms. The molecule has 0 radical (unpaired) electrons. The van der Waals surface area contributed by atoms with Crippen LogP contribution in [0, 0.1) is 0 Å². The molecule has 1 aromatic carbocycles. The van der Waals surface area contributed by atoms with E-state index < -0.39 is 72.6 Å². The van der Waals surface area contributed by atoms with Gasteiger partial charge in [0.05, 0.1) is 12.5 Å². The summed E-state index contributed by atoms with van der Waals surface area (Å²) in [6.45, 7) is 0.301. The number of amides is 4. The van der Waals surface area contributed by atoms with Gasteiger partial charge in [-0.2, -0.15) is 0 Å². The van der Waals surface area contributed by atoms with Crippen LogP contribution in [0.1, 0.15) is 44.1 Å². The molecule has 0 aliphatic heterocycles. The van der Waals surface area contributed by atoms with E-state index in [1.807, 2.05) is 0 Å². The summed E-state index contributed by atoms with van der Waals surface area (Å²) in [5.74, 6) is -6.16. The van der Waals surface area contributed by atoms with E-state index in [9.17, 15) is 39.0 Å². The highest BCUT2D eigenvalue weighted by Gasteiger charge is 2.31. The van der Waals surface area contributed by atoms with Gasteiger partial charge in [0.25, 0.3) is 0 Å². The van der Waals surface area contributed by atoms with Gasteiger partial charge in [0, 0.05) is 12.8 Å². The first-order valence-electron chi connectivity index (χ1n) is 12.2. The summed E-state index contributed by atoms with van der Waals surface area (Å²) in [5.41, 5.74) is 16.9. The summed E-state index contributed by atoms with van der Waals surface area (Å²) in [7, 11) is 0. The highest BCUT2D eigenvalue weighted by atomic mass is 16.4. The van der Waals surface area contributed by atoms with Crippen LogP contribution in [-0.4, -0.2) is 81.6 Å². The number of hydrogen-bond acceptors (Lipinski definition) is 9. The molecule has 39 heavy (non-hydrogen) atoms. The number of carbonyl (C=O) groups excluding carboxylic acids is 4. The number of benzene rings is 1. The summed E-state index contributed by atoms with van der Waals surface area (Å²) < 4.78 is 0. The Bertz CT molecular complexity index is 1020. The number of aliphatic carboxylic acids is 2. The van der Waals surface area contributed by atoms with Crippen LogP contribution < -0.4 is 33.2 Å². The summed E-state index contributed by atoms with van der Waals surface area (Å²) in [4.78, 5) is 72.4. The van der Waals surface area contributed by atoms with Crippen LogP contribution in [0.5, 0.6) is 5.75 Å². The van der Waals surface area contributed by atoms with Gasteiger partial charge in [-0.3, -0.25) is 24.0 Å². The molecule has 0 bridgehead atoms. The molecular weight excluding hydrogens is 516 g/mol. The van der Waals surface area contributed by atoms with E-state index in [1.54, 1.807) is 0 Å². The molecule has 15 heteroatoms. The minimum absolute atomic E-state index is 0.0159. The van der Waals surface area contributed by atoms with Crippen molar-refractivity contribution in [3.63, 3.8) is 0 Å². The van der Waals surface area contributed by atoms with Crippen molar-refractivity contribution < 1.29 is 44.1 Å². The average Bonchev–Trinajstić information content (AvgIpc) is 2.86. The lowest BCUT2D eigenvalue weighted by atomic mass is 10.0. The Balaban J connectivity index is 3.02. The normalized spacial score (nSPS) is 13.8. The Labute approximate surface area is 224 Å². The molecule has 0 fully saturated rings. The van der Waals surface area contributed by atoms with Gasteiger partial charge in [-0.15, -0.1) is 0 Å². The van der Waals surface area contributed by atoms with Gasteiger partial charge in [0.2, 0.25) is 23.6 Å². The SMILES string of the molecule is NCCCCC(NC(=O)C(CC(N)=O)NC(=O)C(N)CCC(=O)O)C(=O)NC(Cc1ccc(O)cc1)C(=O)O. The van der Waals surface area contributed by atoms with Gasteiger partial charge in [-0.1, -0.05) is 12.1 Å². The van der Waals surface area contributed by atoms with Crippen LogP contribution in [0.4, 0.5) is 0 Å². The lowest BCUT2D eigenvalue weighted by molar-refractivity contribution is -0.142. The van der Waals surface area contributed by atoms with Crippen molar-refractivity contribution in [3.05, 3.63) is 29.8 Å². The highest BCUT2D eigenvalue weighted by molar-refractivity contribution is 5.96. The van der Waals surface area contributed by atoms with E-state index >= 15 is 0 Å². The van der Waals surface area contributed by atoms with Crippen molar-refractivity contribution in [2.24, 2.45) is 17.2 Å². The summed E-state index contributed by atoms with van der Waals surface area (Å²) >= 11 is 0. The number of nitrogens with two attached hydrogens (primary N) is 3. The maximum atomic E-state index is 13.0. The fourth-order valence-electron chi connectivity index (χ4n) is 3.47. The van der Waals surface area contributed by atoms with Crippen molar-refractivity contribution in [3.8, 4) is 5.75 Å². The van der Waals surface area contributed by atoms with Gasteiger partial charge in [0.1, 0.15) is 23.9 Å². The molecule has 4 amide bonds. The molecule has 4 atom stereocenters. The zero-order valence-electron chi connectivity index (χ0n) is 21.3. The number of phenolic OH excluding ortho intramolecular Hbond substituents is 1. The molecule has 0 heterocycles. The Morgan fingerprint density at radius 3 is 1.90 bits per heavy atom. The number of unbranched alkanes of at least 4 members (excludes halogenated alkanes) is 1. The standard InChI is InChI=1S/C24H36N6O9/c25-10-2-1-3-16(22(36)30-18(24(38)39)11-13-4-6-14(31)7-5-13)28-23(37)17(12-19(27)32)29-21(35)15(26)8-9-20(33)34/h4-7,15-18,31H,1-3,8-12,25-26H2,(H2,27,32)(H,28,37)(H,29,35)(H,30,36)(H,33,34)(H,38,39). The van der Waals surface area contributed by atoms with Crippen molar-refractivity contribution in [1.29, 1.82) is 0 Å². The second-order valence-corrected chi connectivity index (χ2v) is 8.89. The van der Waals surface area contributed by atoms with Crippen LogP contribution in [0.3, 0.4) is 0 Å². The third-order valence-electron chi connectivity index (χ3n) is 5.61. The van der Waals surface area contributed by atoms with E-state index in [0.29, 0.717) is 24.9 Å². The Morgan fingerprint density at radius 2 is 1.36 bits per heavy atom. The molecule has 216 valence electrons. The average molecular weight is 553 g/mol. The molecule has 12 N–H and O–H groups in total. The fourth-order valence-corrected chi connectivity index (χ4v) is 3.47. The van der Waals surface area contributed by atoms with Crippen LogP contribution in [-0.2, 0) is 35.2 Å². The Kier molecular flexibility index (Phi) is 13.9. The second-order valence-electron chi connectivity index (χ2n) is 8.89. The summed E-state index contributed by atoms with van der Waals surface area (Å²) in [5, 5.41) is 34.8. The molecule has 0 aliphatic rings. The Hall–Kier alpha value is -4.24. The van der Waals surface area contributed by atoms with Gasteiger partial charge < -0.3 is 48.5 Å². The topological polar surface area (TPSA) is 277 Å². The number of hydrogen-bond donors (Lipinski definition) is 9. The highest BCUT2D eigenvalue weighted by Crippen LogP contribution is 2.12. The minimum Gasteiger partial charge on any atom is -0.508 e. The fraction of sp³-hybridized carbons (Fsp3) is 0.500. The van der Waals surface area contributed by atoms with Gasteiger partial charge in [-0.05, 0) is 49.9 Å². The lowest BCUT2D eigenvalue weighted by Gasteiger charge is -2.25. The number of carbonyl (C=O) groups is 6. The van der Waals surface area contributed by atoms with Gasteiger partial charge in [-0.25, -0.2) is 4.79 Å². The number of aromatic hydroxyl groups is 1. The van der Waals surface area contributed by atoms with E-state index in [1.165, 1.54) is 24.3 Å². The number of carboxylic acid groups (broad SMARTS) is 2. The van der Waals surface area contributed by atoms with Crippen molar-refractivity contribution in [2.45, 2.75) is 69.1 Å². The molecular formula is C24H36N6O9. The molecule has 0 aliphatic carbocycles. The maximum absolute atomic E-state index is 13.0. The molecule has 0 saturated carbocycles. The van der Waals surface area contributed by atoms with E-state index in [4.69, 9.17) is 22.3 Å². The molecule has 0 saturated heterocycles. The first-order chi connectivity index (χ1) is 18.3.